The summed E-state index contributed by atoms with van der Waals surface area (Å²) in [6, 6.07) is 6.57. The van der Waals surface area contributed by atoms with Crippen LogP contribution in [0.1, 0.15) is 12.8 Å². The van der Waals surface area contributed by atoms with Crippen molar-refractivity contribution in [2.45, 2.75) is 18.9 Å². The van der Waals surface area contributed by atoms with Gasteiger partial charge in [0.15, 0.2) is 0 Å². The molecule has 2 aliphatic heterocycles. The van der Waals surface area contributed by atoms with Crippen molar-refractivity contribution in [3.05, 3.63) is 29.3 Å². The largest absolute Gasteiger partial charge is 0.368 e. The highest BCUT2D eigenvalue weighted by Crippen LogP contribution is 2.19. The lowest BCUT2D eigenvalue weighted by Gasteiger charge is -2.36. The number of urea groups is 1. The summed E-state index contributed by atoms with van der Waals surface area (Å²) in [4.78, 5) is 38.8. The number of hydrogen-bond donors (Lipinski definition) is 2. The van der Waals surface area contributed by atoms with Crippen molar-refractivity contribution >= 4 is 35.1 Å². The maximum Gasteiger partial charge on any atom is 0.322 e. The van der Waals surface area contributed by atoms with Gasteiger partial charge < -0.3 is 15.1 Å². The Labute approximate surface area is 144 Å². The van der Waals surface area contributed by atoms with E-state index in [1.165, 1.54) is 0 Å². The minimum absolute atomic E-state index is 0.0136. The van der Waals surface area contributed by atoms with Gasteiger partial charge in [0.1, 0.15) is 6.04 Å². The molecule has 8 heteroatoms. The van der Waals surface area contributed by atoms with Gasteiger partial charge in [-0.15, -0.1) is 0 Å². The zero-order valence-corrected chi connectivity index (χ0v) is 13.9. The smallest absolute Gasteiger partial charge is 0.322 e. The second-order valence-electron chi connectivity index (χ2n) is 5.90. The number of carbonyl (C=O) groups excluding carboxylic acids is 3. The normalized spacial score (nSPS) is 20.8. The van der Waals surface area contributed by atoms with Crippen LogP contribution >= 0.6 is 11.6 Å². The molecule has 7 nitrogen and oxygen atoms in total. The number of imide groups is 1. The fourth-order valence-corrected chi connectivity index (χ4v) is 3.08. The van der Waals surface area contributed by atoms with Gasteiger partial charge >= 0.3 is 6.03 Å². The number of nitrogens with zero attached hydrogens (tertiary/aromatic N) is 2. The highest BCUT2D eigenvalue weighted by Gasteiger charge is 2.30. The molecule has 2 saturated heterocycles. The monoisotopic (exact) mass is 350 g/mol. The first-order chi connectivity index (χ1) is 11.5. The predicted molar refractivity (Wildman–Crippen MR) is 89.9 cm³/mol. The number of anilines is 1. The molecule has 1 aromatic carbocycles. The number of carbonyl (C=O) groups is 3. The quantitative estimate of drug-likeness (QED) is 0.793. The Bertz CT molecular complexity index is 641. The summed E-state index contributed by atoms with van der Waals surface area (Å²) in [6.07, 6.45) is 0.577. The third-order valence-electron chi connectivity index (χ3n) is 4.33. The van der Waals surface area contributed by atoms with Gasteiger partial charge in [-0.3, -0.25) is 14.9 Å². The summed E-state index contributed by atoms with van der Waals surface area (Å²) in [7, 11) is 0. The van der Waals surface area contributed by atoms with Crippen LogP contribution in [-0.2, 0) is 9.59 Å². The Morgan fingerprint density at radius 2 is 1.79 bits per heavy atom. The Kier molecular flexibility index (Phi) is 4.89. The first-order valence-electron chi connectivity index (χ1n) is 7.92. The van der Waals surface area contributed by atoms with Gasteiger partial charge in [-0.1, -0.05) is 11.6 Å². The molecule has 3 rings (SSSR count). The van der Waals surface area contributed by atoms with Crippen LogP contribution in [0, 0.1) is 0 Å². The number of amides is 4. The van der Waals surface area contributed by atoms with Crippen molar-refractivity contribution in [3.63, 3.8) is 0 Å². The first-order valence-corrected chi connectivity index (χ1v) is 8.30. The van der Waals surface area contributed by atoms with Gasteiger partial charge in [0, 0.05) is 43.3 Å². The molecule has 1 unspecified atom stereocenters. The molecule has 2 fully saturated rings. The molecular weight excluding hydrogens is 332 g/mol. The molecule has 2 N–H and O–H groups in total. The lowest BCUT2D eigenvalue weighted by Crippen LogP contribution is -2.49. The van der Waals surface area contributed by atoms with Crippen LogP contribution in [0.5, 0.6) is 0 Å². The third kappa shape index (κ3) is 3.79. The topological polar surface area (TPSA) is 81.8 Å². The number of halogens is 1. The molecule has 0 radical (unpaired) electrons. The number of hydrogen-bond acceptors (Lipinski definition) is 4. The molecule has 1 aromatic rings. The summed E-state index contributed by atoms with van der Waals surface area (Å²) in [5.74, 6) is -0.347. The number of piperazine rings is 1. The average Bonchev–Trinajstić information content (AvgIpc) is 2.91. The number of benzene rings is 1. The second-order valence-corrected chi connectivity index (χ2v) is 6.33. The van der Waals surface area contributed by atoms with Crippen molar-refractivity contribution < 1.29 is 14.4 Å². The lowest BCUT2D eigenvalue weighted by molar-refractivity contribution is -0.131. The summed E-state index contributed by atoms with van der Waals surface area (Å²) in [6.45, 7) is 2.80. The molecule has 2 aliphatic rings. The van der Waals surface area contributed by atoms with Crippen molar-refractivity contribution in [2.24, 2.45) is 0 Å². The Morgan fingerprint density at radius 3 is 2.38 bits per heavy atom. The highest BCUT2D eigenvalue weighted by molar-refractivity contribution is 6.30. The lowest BCUT2D eigenvalue weighted by atomic mass is 10.1. The summed E-state index contributed by atoms with van der Waals surface area (Å²) >= 11 is 5.90. The fraction of sp³-hybridized carbons (Fsp3) is 0.438. The summed E-state index contributed by atoms with van der Waals surface area (Å²) in [5, 5.41) is 5.38. The van der Waals surface area contributed by atoms with Crippen LogP contribution in [0.25, 0.3) is 0 Å². The van der Waals surface area contributed by atoms with Crippen molar-refractivity contribution in [3.8, 4) is 0 Å². The maximum atomic E-state index is 12.3. The molecule has 0 aliphatic carbocycles. The van der Waals surface area contributed by atoms with Gasteiger partial charge in [-0.05, 0) is 30.7 Å². The van der Waals surface area contributed by atoms with E-state index in [-0.39, 0.29) is 18.2 Å². The minimum atomic E-state index is -0.600. The van der Waals surface area contributed by atoms with E-state index in [2.05, 4.69) is 15.5 Å². The summed E-state index contributed by atoms with van der Waals surface area (Å²) in [5.41, 5.74) is 1.09. The molecular formula is C16H19ClN4O3. The standard InChI is InChI=1S/C16H19ClN4O3/c17-11-1-3-12(4-2-11)20-7-9-21(10-8-20)14(22)6-5-13-15(23)19-16(24)18-13/h1-4,13H,5-10H2,(H2,18,19,23,24). The zero-order valence-electron chi connectivity index (χ0n) is 13.1. The zero-order chi connectivity index (χ0) is 17.1. The van der Waals surface area contributed by atoms with E-state index < -0.39 is 12.1 Å². The Morgan fingerprint density at radius 1 is 1.12 bits per heavy atom. The van der Waals surface area contributed by atoms with Gasteiger partial charge in [-0.2, -0.15) is 0 Å². The van der Waals surface area contributed by atoms with Gasteiger partial charge in [0.05, 0.1) is 0 Å². The van der Waals surface area contributed by atoms with Crippen molar-refractivity contribution in [1.29, 1.82) is 0 Å². The Balaban J connectivity index is 1.46. The van der Waals surface area contributed by atoms with Gasteiger partial charge in [-0.25, -0.2) is 4.79 Å². The highest BCUT2D eigenvalue weighted by atomic mass is 35.5. The second kappa shape index (κ2) is 7.09. The fourth-order valence-electron chi connectivity index (χ4n) is 2.95. The van der Waals surface area contributed by atoms with Crippen LogP contribution in [0.4, 0.5) is 10.5 Å². The summed E-state index contributed by atoms with van der Waals surface area (Å²) < 4.78 is 0. The van der Waals surface area contributed by atoms with Crippen LogP contribution in [0.3, 0.4) is 0 Å². The Hall–Kier alpha value is -2.28. The van der Waals surface area contributed by atoms with E-state index >= 15 is 0 Å². The van der Waals surface area contributed by atoms with Crippen LogP contribution in [-0.4, -0.2) is 55.0 Å². The van der Waals surface area contributed by atoms with E-state index in [9.17, 15) is 14.4 Å². The van der Waals surface area contributed by atoms with Crippen LogP contribution in [0.15, 0.2) is 24.3 Å². The molecule has 4 amide bonds. The van der Waals surface area contributed by atoms with E-state index in [0.29, 0.717) is 24.5 Å². The van der Waals surface area contributed by atoms with Gasteiger partial charge in [0.2, 0.25) is 5.91 Å². The molecule has 0 spiro atoms. The maximum absolute atomic E-state index is 12.3. The SMILES string of the molecule is O=C1NC(=O)C(CCC(=O)N2CCN(c3ccc(Cl)cc3)CC2)N1. The van der Waals surface area contributed by atoms with Crippen molar-refractivity contribution in [2.75, 3.05) is 31.1 Å². The van der Waals surface area contributed by atoms with Crippen LogP contribution < -0.4 is 15.5 Å². The van der Waals surface area contributed by atoms with Crippen LogP contribution in [0.2, 0.25) is 5.02 Å². The molecule has 0 aromatic heterocycles. The van der Waals surface area contributed by atoms with E-state index in [0.717, 1.165) is 18.8 Å². The minimum Gasteiger partial charge on any atom is -0.368 e. The molecule has 0 saturated carbocycles. The van der Waals surface area contributed by atoms with E-state index in [1.54, 1.807) is 4.90 Å². The number of nitrogens with one attached hydrogen (secondary N) is 2. The average molecular weight is 351 g/mol. The first kappa shape index (κ1) is 16.6. The predicted octanol–water partition coefficient (Wildman–Crippen LogP) is 0.977. The molecule has 0 bridgehead atoms. The van der Waals surface area contributed by atoms with E-state index in [4.69, 9.17) is 11.6 Å². The van der Waals surface area contributed by atoms with E-state index in [1.807, 2.05) is 24.3 Å². The third-order valence-corrected chi connectivity index (χ3v) is 4.58. The van der Waals surface area contributed by atoms with Gasteiger partial charge in [0.25, 0.3) is 5.91 Å². The molecule has 1 atom stereocenters. The molecule has 24 heavy (non-hydrogen) atoms. The molecule has 2 heterocycles. The van der Waals surface area contributed by atoms with Crippen molar-refractivity contribution in [1.82, 2.24) is 15.5 Å². The number of rotatable bonds is 4. The molecule has 128 valence electrons.